The maximum Gasteiger partial charge on any atom is 0.269 e. The van der Waals surface area contributed by atoms with E-state index in [0.717, 1.165) is 5.69 Å². The molecule has 7 heteroatoms. The lowest BCUT2D eigenvalue weighted by Gasteiger charge is -2.14. The summed E-state index contributed by atoms with van der Waals surface area (Å²) in [4.78, 5) is 15.1. The molecule has 0 spiro atoms. The van der Waals surface area contributed by atoms with Crippen LogP contribution in [0.4, 0.5) is 5.82 Å². The van der Waals surface area contributed by atoms with Gasteiger partial charge in [0.2, 0.25) is 0 Å². The first-order valence-corrected chi connectivity index (χ1v) is 6.57. The van der Waals surface area contributed by atoms with Crippen molar-refractivity contribution in [2.24, 2.45) is 11.7 Å². The van der Waals surface area contributed by atoms with E-state index in [1.165, 1.54) is 6.07 Å². The van der Waals surface area contributed by atoms with Crippen LogP contribution in [0.25, 0.3) is 0 Å². The number of nitrogens with two attached hydrogens (primary N) is 1. The molecule has 2 heterocycles. The van der Waals surface area contributed by atoms with Gasteiger partial charge >= 0.3 is 0 Å². The van der Waals surface area contributed by atoms with Gasteiger partial charge in [-0.15, -0.1) is 10.2 Å². The van der Waals surface area contributed by atoms with Crippen molar-refractivity contribution in [3.8, 4) is 0 Å². The summed E-state index contributed by atoms with van der Waals surface area (Å²) < 4.78 is 0. The Morgan fingerprint density at radius 3 is 2.71 bits per heavy atom. The summed E-state index contributed by atoms with van der Waals surface area (Å²) in [5.74, 6) is -0.0746. The smallest absolute Gasteiger partial charge is 0.269 e. The Kier molecular flexibility index (Phi) is 5.16. The van der Waals surface area contributed by atoms with Gasteiger partial charge in [0.05, 0.1) is 0 Å². The SMILES string of the molecule is NC(=O)c1ccc(NCC(CO)Cc2ccccn2)nn1. The Bertz CT molecular complexity index is 574. The van der Waals surface area contributed by atoms with Gasteiger partial charge in [-0.05, 0) is 30.7 Å². The highest BCUT2D eigenvalue weighted by Crippen LogP contribution is 2.08. The normalized spacial score (nSPS) is 11.9. The largest absolute Gasteiger partial charge is 0.396 e. The summed E-state index contributed by atoms with van der Waals surface area (Å²) in [6.07, 6.45) is 2.39. The number of aliphatic hydroxyl groups excluding tert-OH is 1. The number of carbonyl (C=O) groups is 1. The van der Waals surface area contributed by atoms with E-state index in [1.807, 2.05) is 18.2 Å². The fraction of sp³-hybridized carbons (Fsp3) is 0.286. The van der Waals surface area contributed by atoms with Crippen molar-refractivity contribution < 1.29 is 9.90 Å². The van der Waals surface area contributed by atoms with Crippen LogP contribution in [-0.2, 0) is 6.42 Å². The standard InChI is InChI=1S/C14H17N5O2/c15-14(21)12-4-5-13(19-18-12)17-8-10(9-20)7-11-3-1-2-6-16-11/h1-6,10,20H,7-9H2,(H2,15,21)(H,17,19). The average Bonchev–Trinajstić information content (AvgIpc) is 2.52. The van der Waals surface area contributed by atoms with Crippen molar-refractivity contribution in [3.63, 3.8) is 0 Å². The van der Waals surface area contributed by atoms with Gasteiger partial charge in [0, 0.05) is 31.0 Å². The van der Waals surface area contributed by atoms with Crippen molar-refractivity contribution in [3.05, 3.63) is 47.9 Å². The minimum atomic E-state index is -0.613. The number of hydrogen-bond donors (Lipinski definition) is 3. The lowest BCUT2D eigenvalue weighted by atomic mass is 10.0. The number of aromatic nitrogens is 3. The summed E-state index contributed by atoms with van der Waals surface area (Å²) >= 11 is 0. The third-order valence-electron chi connectivity index (χ3n) is 2.97. The van der Waals surface area contributed by atoms with Crippen LogP contribution in [0.1, 0.15) is 16.2 Å². The number of pyridine rings is 1. The van der Waals surface area contributed by atoms with Crippen LogP contribution in [0.3, 0.4) is 0 Å². The van der Waals surface area contributed by atoms with E-state index < -0.39 is 5.91 Å². The van der Waals surface area contributed by atoms with E-state index in [1.54, 1.807) is 12.3 Å². The zero-order valence-corrected chi connectivity index (χ0v) is 11.4. The van der Waals surface area contributed by atoms with Crippen LogP contribution in [0.5, 0.6) is 0 Å². The lowest BCUT2D eigenvalue weighted by Crippen LogP contribution is -2.21. The van der Waals surface area contributed by atoms with Gasteiger partial charge in [-0.1, -0.05) is 6.07 Å². The summed E-state index contributed by atoms with van der Waals surface area (Å²) in [5, 5.41) is 20.0. The molecule has 21 heavy (non-hydrogen) atoms. The van der Waals surface area contributed by atoms with E-state index in [9.17, 15) is 9.90 Å². The Morgan fingerprint density at radius 2 is 2.14 bits per heavy atom. The van der Waals surface area contributed by atoms with Gasteiger partial charge in [-0.3, -0.25) is 9.78 Å². The number of carbonyl (C=O) groups excluding carboxylic acids is 1. The van der Waals surface area contributed by atoms with E-state index in [4.69, 9.17) is 5.73 Å². The fourth-order valence-electron chi connectivity index (χ4n) is 1.82. The van der Waals surface area contributed by atoms with E-state index in [0.29, 0.717) is 18.8 Å². The molecule has 0 aliphatic heterocycles. The average molecular weight is 287 g/mol. The number of anilines is 1. The van der Waals surface area contributed by atoms with E-state index >= 15 is 0 Å². The Morgan fingerprint density at radius 1 is 1.29 bits per heavy atom. The lowest BCUT2D eigenvalue weighted by molar-refractivity contribution is 0.0994. The number of rotatable bonds is 7. The second-order valence-electron chi connectivity index (χ2n) is 4.62. The topological polar surface area (TPSA) is 114 Å². The monoisotopic (exact) mass is 287 g/mol. The van der Waals surface area contributed by atoms with Crippen molar-refractivity contribution in [1.29, 1.82) is 0 Å². The predicted molar refractivity (Wildman–Crippen MR) is 77.6 cm³/mol. The molecule has 1 unspecified atom stereocenters. The first-order valence-electron chi connectivity index (χ1n) is 6.57. The second kappa shape index (κ2) is 7.30. The quantitative estimate of drug-likeness (QED) is 0.672. The molecule has 0 aliphatic carbocycles. The third-order valence-corrected chi connectivity index (χ3v) is 2.97. The summed E-state index contributed by atoms with van der Waals surface area (Å²) in [6, 6.07) is 8.82. The molecule has 4 N–H and O–H groups in total. The first kappa shape index (κ1) is 14.9. The summed E-state index contributed by atoms with van der Waals surface area (Å²) in [7, 11) is 0. The summed E-state index contributed by atoms with van der Waals surface area (Å²) in [6.45, 7) is 0.564. The van der Waals surface area contributed by atoms with Gasteiger partial charge in [0.1, 0.15) is 5.82 Å². The minimum Gasteiger partial charge on any atom is -0.396 e. The van der Waals surface area contributed by atoms with Gasteiger partial charge in [-0.2, -0.15) is 0 Å². The molecule has 110 valence electrons. The number of aliphatic hydroxyl groups is 1. The number of hydrogen-bond acceptors (Lipinski definition) is 6. The highest BCUT2D eigenvalue weighted by molar-refractivity contribution is 5.90. The van der Waals surface area contributed by atoms with Crippen molar-refractivity contribution in [1.82, 2.24) is 15.2 Å². The molecule has 0 bridgehead atoms. The van der Waals surface area contributed by atoms with Crippen LogP contribution in [0.15, 0.2) is 36.5 Å². The molecule has 1 amide bonds. The summed E-state index contributed by atoms with van der Waals surface area (Å²) in [5.41, 5.74) is 6.13. The van der Waals surface area contributed by atoms with Crippen LogP contribution in [-0.4, -0.2) is 39.3 Å². The number of amides is 1. The van der Waals surface area contributed by atoms with Gasteiger partial charge in [0.25, 0.3) is 5.91 Å². The minimum absolute atomic E-state index is 0.0116. The molecule has 0 aromatic carbocycles. The molecule has 0 fully saturated rings. The van der Waals surface area contributed by atoms with Crippen LogP contribution < -0.4 is 11.1 Å². The molecule has 0 saturated heterocycles. The van der Waals surface area contributed by atoms with Gasteiger partial charge < -0.3 is 16.2 Å². The zero-order chi connectivity index (χ0) is 15.1. The molecular weight excluding hydrogens is 270 g/mol. The van der Waals surface area contributed by atoms with Crippen molar-refractivity contribution in [2.75, 3.05) is 18.5 Å². The van der Waals surface area contributed by atoms with Gasteiger partial charge in [0.15, 0.2) is 5.69 Å². The Labute approximate surface area is 122 Å². The molecule has 2 rings (SSSR count). The first-order chi connectivity index (χ1) is 10.2. The molecule has 2 aromatic rings. The fourth-order valence-corrected chi connectivity index (χ4v) is 1.82. The third kappa shape index (κ3) is 4.50. The molecule has 7 nitrogen and oxygen atoms in total. The zero-order valence-electron chi connectivity index (χ0n) is 11.4. The molecule has 2 aromatic heterocycles. The van der Waals surface area contributed by atoms with Crippen molar-refractivity contribution in [2.45, 2.75) is 6.42 Å². The number of nitrogens with one attached hydrogen (secondary N) is 1. The number of nitrogens with zero attached hydrogens (tertiary/aromatic N) is 3. The van der Waals surface area contributed by atoms with Gasteiger partial charge in [-0.25, -0.2) is 0 Å². The molecule has 0 saturated carbocycles. The predicted octanol–water partition coefficient (Wildman–Crippen LogP) is 0.234. The highest BCUT2D eigenvalue weighted by Gasteiger charge is 2.10. The van der Waals surface area contributed by atoms with Crippen LogP contribution >= 0.6 is 0 Å². The molecule has 1 atom stereocenters. The van der Waals surface area contributed by atoms with E-state index in [-0.39, 0.29) is 18.2 Å². The Hall–Kier alpha value is -2.54. The van der Waals surface area contributed by atoms with E-state index in [2.05, 4.69) is 20.5 Å². The molecule has 0 radical (unpaired) electrons. The Balaban J connectivity index is 1.89. The second-order valence-corrected chi connectivity index (χ2v) is 4.62. The maximum absolute atomic E-state index is 10.9. The molecular formula is C14H17N5O2. The highest BCUT2D eigenvalue weighted by atomic mass is 16.3. The van der Waals surface area contributed by atoms with Crippen LogP contribution in [0, 0.1) is 5.92 Å². The molecule has 0 aliphatic rings. The van der Waals surface area contributed by atoms with Crippen molar-refractivity contribution >= 4 is 11.7 Å². The maximum atomic E-state index is 10.9. The number of primary amides is 1. The van der Waals surface area contributed by atoms with Crippen LogP contribution in [0.2, 0.25) is 0 Å².